The zero-order chi connectivity index (χ0) is 18.0. The van der Waals surface area contributed by atoms with Crippen LogP contribution in [0.5, 0.6) is 0 Å². The number of rotatable bonds is 5. The summed E-state index contributed by atoms with van der Waals surface area (Å²) in [5.74, 6) is 1.13. The van der Waals surface area contributed by atoms with Gasteiger partial charge in [-0.15, -0.1) is 0 Å². The van der Waals surface area contributed by atoms with Gasteiger partial charge in [0, 0.05) is 45.8 Å². The number of pyridine rings is 1. The van der Waals surface area contributed by atoms with Crippen molar-refractivity contribution in [2.75, 3.05) is 31.1 Å². The van der Waals surface area contributed by atoms with Gasteiger partial charge in [0.1, 0.15) is 5.82 Å². The summed E-state index contributed by atoms with van der Waals surface area (Å²) in [5, 5.41) is 3.11. The molecule has 2 heterocycles. The second-order valence-corrected chi connectivity index (χ2v) is 7.41. The molecule has 26 heavy (non-hydrogen) atoms. The number of hydrogen-bond acceptors (Lipinski definition) is 4. The normalized spacial score (nSPS) is 19.2. The van der Waals surface area contributed by atoms with E-state index >= 15 is 0 Å². The lowest BCUT2D eigenvalue weighted by molar-refractivity contribution is -0.120. The number of piperazine rings is 1. The van der Waals surface area contributed by atoms with E-state index in [-0.39, 0.29) is 11.4 Å². The molecule has 1 aromatic carbocycles. The van der Waals surface area contributed by atoms with Crippen LogP contribution in [0.1, 0.15) is 30.9 Å². The SMILES string of the molecule is CC(=O)NC1(c2ccc(CN3CCN(c4ccccn4)CC3)cc2)CC1. The molecule has 2 aliphatic rings. The minimum absolute atomic E-state index is 0.0531. The fraction of sp³-hybridized carbons (Fsp3) is 0.429. The maximum atomic E-state index is 11.4. The molecular formula is C21H26N4O. The molecule has 4 rings (SSSR count). The van der Waals surface area contributed by atoms with Gasteiger partial charge in [0.05, 0.1) is 5.54 Å². The smallest absolute Gasteiger partial charge is 0.217 e. The van der Waals surface area contributed by atoms with Crippen molar-refractivity contribution >= 4 is 11.7 Å². The Morgan fingerprint density at radius 2 is 1.81 bits per heavy atom. The van der Waals surface area contributed by atoms with E-state index in [0.717, 1.165) is 51.4 Å². The number of hydrogen-bond donors (Lipinski definition) is 1. The molecule has 0 unspecified atom stereocenters. The first-order chi connectivity index (χ1) is 12.6. The number of aromatic nitrogens is 1. The minimum atomic E-state index is -0.0985. The molecule has 5 nitrogen and oxygen atoms in total. The van der Waals surface area contributed by atoms with Crippen molar-refractivity contribution < 1.29 is 4.79 Å². The van der Waals surface area contributed by atoms with Crippen LogP contribution in [0.15, 0.2) is 48.7 Å². The van der Waals surface area contributed by atoms with Crippen LogP contribution in [0.3, 0.4) is 0 Å². The van der Waals surface area contributed by atoms with E-state index in [1.807, 2.05) is 18.3 Å². The quantitative estimate of drug-likeness (QED) is 0.900. The highest BCUT2D eigenvalue weighted by Gasteiger charge is 2.44. The average Bonchev–Trinajstić information content (AvgIpc) is 3.43. The van der Waals surface area contributed by atoms with Crippen LogP contribution < -0.4 is 10.2 Å². The molecule has 0 bridgehead atoms. The number of carbonyl (C=O) groups excluding carboxylic acids is 1. The molecule has 1 saturated heterocycles. The number of nitrogens with one attached hydrogen (secondary N) is 1. The number of nitrogens with zero attached hydrogens (tertiary/aromatic N) is 3. The van der Waals surface area contributed by atoms with Gasteiger partial charge in [-0.25, -0.2) is 4.98 Å². The van der Waals surface area contributed by atoms with Crippen LogP contribution >= 0.6 is 0 Å². The van der Waals surface area contributed by atoms with Gasteiger partial charge in [-0.05, 0) is 36.1 Å². The fourth-order valence-corrected chi connectivity index (χ4v) is 3.81. The highest BCUT2D eigenvalue weighted by molar-refractivity contribution is 5.74. The van der Waals surface area contributed by atoms with E-state index in [9.17, 15) is 4.79 Å². The third-order valence-corrected chi connectivity index (χ3v) is 5.42. The van der Waals surface area contributed by atoms with Crippen molar-refractivity contribution in [3.05, 3.63) is 59.8 Å². The lowest BCUT2D eigenvalue weighted by Gasteiger charge is -2.35. The van der Waals surface area contributed by atoms with Crippen molar-refractivity contribution in [2.24, 2.45) is 0 Å². The Hall–Kier alpha value is -2.40. The molecule has 0 spiro atoms. The van der Waals surface area contributed by atoms with Gasteiger partial charge in [-0.2, -0.15) is 0 Å². The summed E-state index contributed by atoms with van der Waals surface area (Å²) in [5.41, 5.74) is 2.47. The van der Waals surface area contributed by atoms with E-state index in [2.05, 4.69) is 50.4 Å². The molecule has 2 fully saturated rings. The van der Waals surface area contributed by atoms with Crippen molar-refractivity contribution in [1.29, 1.82) is 0 Å². The topological polar surface area (TPSA) is 48.5 Å². The highest BCUT2D eigenvalue weighted by atomic mass is 16.1. The molecule has 1 amide bonds. The highest BCUT2D eigenvalue weighted by Crippen LogP contribution is 2.45. The maximum Gasteiger partial charge on any atom is 0.217 e. The molecule has 1 aliphatic heterocycles. The van der Waals surface area contributed by atoms with E-state index in [1.165, 1.54) is 11.1 Å². The first-order valence-electron chi connectivity index (χ1n) is 9.41. The van der Waals surface area contributed by atoms with Crippen LogP contribution in [0, 0.1) is 0 Å². The molecule has 0 radical (unpaired) electrons. The van der Waals surface area contributed by atoms with Gasteiger partial charge in [0.25, 0.3) is 0 Å². The Morgan fingerprint density at radius 1 is 1.08 bits per heavy atom. The van der Waals surface area contributed by atoms with E-state index in [0.29, 0.717) is 0 Å². The molecule has 1 aromatic heterocycles. The molecule has 2 aromatic rings. The van der Waals surface area contributed by atoms with Crippen molar-refractivity contribution in [2.45, 2.75) is 31.8 Å². The number of amides is 1. The average molecular weight is 350 g/mol. The van der Waals surface area contributed by atoms with E-state index in [1.54, 1.807) is 6.92 Å². The predicted molar refractivity (Wildman–Crippen MR) is 103 cm³/mol. The molecule has 0 atom stereocenters. The van der Waals surface area contributed by atoms with Gasteiger partial charge in [-0.3, -0.25) is 9.69 Å². The van der Waals surface area contributed by atoms with Gasteiger partial charge in [0.2, 0.25) is 5.91 Å². The monoisotopic (exact) mass is 350 g/mol. The van der Waals surface area contributed by atoms with Crippen molar-refractivity contribution in [3.63, 3.8) is 0 Å². The number of anilines is 1. The molecule has 1 aliphatic carbocycles. The van der Waals surface area contributed by atoms with Crippen LogP contribution in [-0.4, -0.2) is 42.0 Å². The predicted octanol–water partition coefficient (Wildman–Crippen LogP) is 2.53. The zero-order valence-electron chi connectivity index (χ0n) is 15.3. The third kappa shape index (κ3) is 3.73. The molecule has 1 N–H and O–H groups in total. The number of carbonyl (C=O) groups is 1. The van der Waals surface area contributed by atoms with Gasteiger partial charge in [-0.1, -0.05) is 30.3 Å². The maximum absolute atomic E-state index is 11.4. The Bertz CT molecular complexity index is 747. The van der Waals surface area contributed by atoms with Crippen molar-refractivity contribution in [1.82, 2.24) is 15.2 Å². The first-order valence-corrected chi connectivity index (χ1v) is 9.41. The van der Waals surface area contributed by atoms with Gasteiger partial charge in [0.15, 0.2) is 0 Å². The van der Waals surface area contributed by atoms with Crippen LogP contribution in [-0.2, 0) is 16.9 Å². The lowest BCUT2D eigenvalue weighted by atomic mass is 10.0. The summed E-state index contributed by atoms with van der Waals surface area (Å²) < 4.78 is 0. The number of benzene rings is 1. The van der Waals surface area contributed by atoms with Crippen LogP contribution in [0.25, 0.3) is 0 Å². The first kappa shape index (κ1) is 17.0. The molecule has 136 valence electrons. The summed E-state index contributed by atoms with van der Waals surface area (Å²) in [6.45, 7) is 6.70. The summed E-state index contributed by atoms with van der Waals surface area (Å²) in [6, 6.07) is 14.9. The summed E-state index contributed by atoms with van der Waals surface area (Å²) in [7, 11) is 0. The molecule has 5 heteroatoms. The Kier molecular flexibility index (Phi) is 4.64. The zero-order valence-corrected chi connectivity index (χ0v) is 15.3. The van der Waals surface area contributed by atoms with Crippen LogP contribution in [0.4, 0.5) is 5.82 Å². The summed E-state index contributed by atoms with van der Waals surface area (Å²) >= 11 is 0. The summed E-state index contributed by atoms with van der Waals surface area (Å²) in [4.78, 5) is 20.7. The van der Waals surface area contributed by atoms with Gasteiger partial charge < -0.3 is 10.2 Å². The third-order valence-electron chi connectivity index (χ3n) is 5.42. The molecular weight excluding hydrogens is 324 g/mol. The van der Waals surface area contributed by atoms with Crippen LogP contribution in [0.2, 0.25) is 0 Å². The summed E-state index contributed by atoms with van der Waals surface area (Å²) in [6.07, 6.45) is 3.94. The molecule has 1 saturated carbocycles. The van der Waals surface area contributed by atoms with Gasteiger partial charge >= 0.3 is 0 Å². The second-order valence-electron chi connectivity index (χ2n) is 7.41. The Labute approximate surface area is 155 Å². The Balaban J connectivity index is 1.32. The van der Waals surface area contributed by atoms with Crippen molar-refractivity contribution in [3.8, 4) is 0 Å². The standard InChI is InChI=1S/C21H26N4O/c1-17(26)23-21(9-10-21)19-7-5-18(6-8-19)16-24-12-14-25(15-13-24)20-4-2-3-11-22-20/h2-8,11H,9-10,12-16H2,1H3,(H,23,26). The minimum Gasteiger partial charge on any atom is -0.354 e. The lowest BCUT2D eigenvalue weighted by Crippen LogP contribution is -2.46. The van der Waals surface area contributed by atoms with E-state index in [4.69, 9.17) is 0 Å². The second kappa shape index (κ2) is 7.08. The van der Waals surface area contributed by atoms with E-state index < -0.39 is 0 Å². The Morgan fingerprint density at radius 3 is 2.38 bits per heavy atom. The fourth-order valence-electron chi connectivity index (χ4n) is 3.81. The largest absolute Gasteiger partial charge is 0.354 e.